The molecule has 1 aromatic heterocycles. The molecule has 19 heavy (non-hydrogen) atoms. The lowest BCUT2D eigenvalue weighted by atomic mass is 10.1. The van der Waals surface area contributed by atoms with Crippen LogP contribution in [0.3, 0.4) is 0 Å². The van der Waals surface area contributed by atoms with Crippen molar-refractivity contribution >= 4 is 11.7 Å². The van der Waals surface area contributed by atoms with Crippen molar-refractivity contribution in [1.29, 1.82) is 0 Å². The van der Waals surface area contributed by atoms with E-state index in [4.69, 9.17) is 10.9 Å². The molecule has 0 saturated heterocycles. The third-order valence-electron chi connectivity index (χ3n) is 2.64. The first kappa shape index (κ1) is 15.3. The van der Waals surface area contributed by atoms with E-state index in [0.717, 1.165) is 18.9 Å². The normalized spacial score (nSPS) is 12.2. The molecule has 5 nitrogen and oxygen atoms in total. The summed E-state index contributed by atoms with van der Waals surface area (Å²) in [7, 11) is 0. The highest BCUT2D eigenvalue weighted by atomic mass is 16.4. The van der Waals surface area contributed by atoms with Gasteiger partial charge in [0.2, 0.25) is 0 Å². The van der Waals surface area contributed by atoms with Gasteiger partial charge in [0, 0.05) is 19.3 Å². The largest absolute Gasteiger partial charge is 0.409 e. The van der Waals surface area contributed by atoms with Gasteiger partial charge in [-0.1, -0.05) is 32.9 Å². The molecule has 0 spiro atoms. The number of oxime groups is 1. The first-order valence-corrected chi connectivity index (χ1v) is 6.63. The average molecular weight is 264 g/mol. The number of anilines is 1. The first-order chi connectivity index (χ1) is 8.95. The van der Waals surface area contributed by atoms with Gasteiger partial charge in [-0.25, -0.2) is 4.98 Å². The van der Waals surface area contributed by atoms with Crippen LogP contribution in [0.4, 0.5) is 5.82 Å². The van der Waals surface area contributed by atoms with E-state index in [-0.39, 0.29) is 5.84 Å². The summed E-state index contributed by atoms with van der Waals surface area (Å²) in [6, 6.07) is 3.62. The molecule has 106 valence electrons. The van der Waals surface area contributed by atoms with Crippen molar-refractivity contribution in [2.24, 2.45) is 22.7 Å². The van der Waals surface area contributed by atoms with Gasteiger partial charge < -0.3 is 15.8 Å². The molecule has 0 saturated carbocycles. The molecule has 0 fully saturated rings. The highest BCUT2D eigenvalue weighted by molar-refractivity contribution is 6.01. The SMILES string of the molecule is CC(C)CN(CC(C)C)c1ncccc1/C(N)=N/O. The zero-order valence-electron chi connectivity index (χ0n) is 12.2. The predicted octanol–water partition coefficient (Wildman–Crippen LogP) is 2.29. The van der Waals surface area contributed by atoms with Crippen molar-refractivity contribution in [3.05, 3.63) is 23.9 Å². The molecule has 0 aliphatic carbocycles. The van der Waals surface area contributed by atoms with Crippen LogP contribution in [0, 0.1) is 11.8 Å². The van der Waals surface area contributed by atoms with Gasteiger partial charge in [0.05, 0.1) is 5.56 Å². The van der Waals surface area contributed by atoms with Crippen molar-refractivity contribution in [1.82, 2.24) is 4.98 Å². The van der Waals surface area contributed by atoms with Gasteiger partial charge in [-0.15, -0.1) is 0 Å². The summed E-state index contributed by atoms with van der Waals surface area (Å²) < 4.78 is 0. The smallest absolute Gasteiger partial charge is 0.173 e. The van der Waals surface area contributed by atoms with Crippen LogP contribution in [0.5, 0.6) is 0 Å². The maximum Gasteiger partial charge on any atom is 0.173 e. The van der Waals surface area contributed by atoms with Crippen LogP contribution in [0.2, 0.25) is 0 Å². The van der Waals surface area contributed by atoms with E-state index in [1.807, 2.05) is 6.07 Å². The van der Waals surface area contributed by atoms with Crippen LogP contribution >= 0.6 is 0 Å². The molecule has 0 bridgehead atoms. The molecule has 0 atom stereocenters. The molecular formula is C14H24N4O. The predicted molar refractivity (Wildman–Crippen MR) is 78.6 cm³/mol. The molecule has 0 radical (unpaired) electrons. The van der Waals surface area contributed by atoms with Crippen molar-refractivity contribution in [2.75, 3.05) is 18.0 Å². The number of hydrogen-bond donors (Lipinski definition) is 2. The summed E-state index contributed by atoms with van der Waals surface area (Å²) in [5, 5.41) is 12.0. The summed E-state index contributed by atoms with van der Waals surface area (Å²) in [6.07, 6.45) is 1.73. The van der Waals surface area contributed by atoms with Crippen molar-refractivity contribution in [3.8, 4) is 0 Å². The monoisotopic (exact) mass is 264 g/mol. The molecule has 5 heteroatoms. The second-order valence-electron chi connectivity index (χ2n) is 5.55. The van der Waals surface area contributed by atoms with E-state index in [0.29, 0.717) is 17.4 Å². The molecule has 1 aromatic rings. The molecular weight excluding hydrogens is 240 g/mol. The lowest BCUT2D eigenvalue weighted by Gasteiger charge is -2.28. The Morgan fingerprint density at radius 1 is 1.32 bits per heavy atom. The Morgan fingerprint density at radius 2 is 1.89 bits per heavy atom. The van der Waals surface area contributed by atoms with Gasteiger partial charge >= 0.3 is 0 Å². The second kappa shape index (κ2) is 6.97. The van der Waals surface area contributed by atoms with E-state index >= 15 is 0 Å². The maximum atomic E-state index is 8.87. The minimum absolute atomic E-state index is 0.0978. The van der Waals surface area contributed by atoms with E-state index in [2.05, 4.69) is 42.7 Å². The summed E-state index contributed by atoms with van der Waals surface area (Å²) in [6.45, 7) is 10.4. The minimum atomic E-state index is 0.0978. The van der Waals surface area contributed by atoms with Crippen LogP contribution < -0.4 is 10.6 Å². The van der Waals surface area contributed by atoms with Gasteiger partial charge in [-0.2, -0.15) is 0 Å². The van der Waals surface area contributed by atoms with Crippen LogP contribution in [0.15, 0.2) is 23.5 Å². The van der Waals surface area contributed by atoms with E-state index in [1.54, 1.807) is 12.3 Å². The zero-order valence-corrected chi connectivity index (χ0v) is 12.2. The number of hydrogen-bond acceptors (Lipinski definition) is 4. The fraction of sp³-hybridized carbons (Fsp3) is 0.571. The third-order valence-corrected chi connectivity index (χ3v) is 2.64. The molecule has 0 aliphatic rings. The number of nitrogens with two attached hydrogens (primary N) is 1. The number of nitrogens with zero attached hydrogens (tertiary/aromatic N) is 3. The Labute approximate surface area is 115 Å². The van der Waals surface area contributed by atoms with Crippen LogP contribution in [0.25, 0.3) is 0 Å². The summed E-state index contributed by atoms with van der Waals surface area (Å²) in [4.78, 5) is 6.61. The molecule has 0 unspecified atom stereocenters. The second-order valence-corrected chi connectivity index (χ2v) is 5.55. The highest BCUT2D eigenvalue weighted by Crippen LogP contribution is 2.19. The minimum Gasteiger partial charge on any atom is -0.409 e. The average Bonchev–Trinajstić information content (AvgIpc) is 2.36. The number of aromatic nitrogens is 1. The fourth-order valence-corrected chi connectivity index (χ4v) is 2.03. The first-order valence-electron chi connectivity index (χ1n) is 6.63. The van der Waals surface area contributed by atoms with Gasteiger partial charge in [0.25, 0.3) is 0 Å². The van der Waals surface area contributed by atoms with Gasteiger partial charge in [-0.3, -0.25) is 0 Å². The topological polar surface area (TPSA) is 74.7 Å². The Bertz CT molecular complexity index is 419. The third kappa shape index (κ3) is 4.43. The molecule has 1 rings (SSSR count). The molecule has 0 amide bonds. The Balaban J connectivity index is 3.14. The van der Waals surface area contributed by atoms with Gasteiger partial charge in [0.15, 0.2) is 5.84 Å². The maximum absolute atomic E-state index is 8.87. The standard InChI is InChI=1S/C14H24N4O/c1-10(2)8-18(9-11(3)4)14-12(13(15)17-19)6-5-7-16-14/h5-7,10-11,19H,8-9H2,1-4H3,(H2,15,17). The molecule has 0 aliphatic heterocycles. The Hall–Kier alpha value is -1.78. The van der Waals surface area contributed by atoms with E-state index in [9.17, 15) is 0 Å². The summed E-state index contributed by atoms with van der Waals surface area (Å²) in [5.74, 6) is 1.91. The van der Waals surface area contributed by atoms with E-state index < -0.39 is 0 Å². The molecule has 0 aromatic carbocycles. The fourth-order valence-electron chi connectivity index (χ4n) is 2.03. The quantitative estimate of drug-likeness (QED) is 0.358. The van der Waals surface area contributed by atoms with Crippen LogP contribution in [0.1, 0.15) is 33.3 Å². The lowest BCUT2D eigenvalue weighted by Crippen LogP contribution is -2.34. The van der Waals surface area contributed by atoms with Crippen molar-refractivity contribution < 1.29 is 5.21 Å². The van der Waals surface area contributed by atoms with Gasteiger partial charge in [0.1, 0.15) is 5.82 Å². The molecule has 3 N–H and O–H groups in total. The van der Waals surface area contributed by atoms with Crippen molar-refractivity contribution in [3.63, 3.8) is 0 Å². The van der Waals surface area contributed by atoms with Gasteiger partial charge in [-0.05, 0) is 24.0 Å². The summed E-state index contributed by atoms with van der Waals surface area (Å²) >= 11 is 0. The highest BCUT2D eigenvalue weighted by Gasteiger charge is 2.17. The zero-order chi connectivity index (χ0) is 14.4. The molecule has 1 heterocycles. The Morgan fingerprint density at radius 3 is 2.37 bits per heavy atom. The Kier molecular flexibility index (Phi) is 5.60. The van der Waals surface area contributed by atoms with Crippen LogP contribution in [-0.4, -0.2) is 29.1 Å². The van der Waals surface area contributed by atoms with Crippen molar-refractivity contribution in [2.45, 2.75) is 27.7 Å². The lowest BCUT2D eigenvalue weighted by molar-refractivity contribution is 0.318. The van der Waals surface area contributed by atoms with E-state index in [1.165, 1.54) is 0 Å². The number of pyridine rings is 1. The van der Waals surface area contributed by atoms with Crippen LogP contribution in [-0.2, 0) is 0 Å². The summed E-state index contributed by atoms with van der Waals surface area (Å²) in [5.41, 5.74) is 6.40. The number of rotatable bonds is 6. The number of amidine groups is 1.